The number of hydrazone groups is 1. The molecule has 0 radical (unpaired) electrons. The third kappa shape index (κ3) is 6.95. The second-order valence-electron chi connectivity index (χ2n) is 7.55. The third-order valence-electron chi connectivity index (χ3n) is 4.98. The molecule has 8 heteroatoms. The maximum Gasteiger partial charge on any atom is 0.345 e. The highest BCUT2D eigenvalue weighted by atomic mass is 35.5. The van der Waals surface area contributed by atoms with Crippen LogP contribution in [0.25, 0.3) is 11.1 Å². The molecule has 0 unspecified atom stereocenters. The lowest BCUT2D eigenvalue weighted by atomic mass is 10.1. The van der Waals surface area contributed by atoms with Gasteiger partial charge in [0.05, 0.1) is 16.8 Å². The van der Waals surface area contributed by atoms with Gasteiger partial charge >= 0.3 is 5.97 Å². The maximum atomic E-state index is 12.3. The Morgan fingerprint density at radius 3 is 2.17 bits per heavy atom. The Bertz CT molecular complexity index is 1370. The summed E-state index contributed by atoms with van der Waals surface area (Å²) in [4.78, 5) is 24.3. The van der Waals surface area contributed by atoms with Crippen molar-refractivity contribution in [3.05, 3.63) is 118 Å². The third-order valence-corrected chi connectivity index (χ3v) is 5.52. The summed E-state index contributed by atoms with van der Waals surface area (Å²) in [5.41, 5.74) is 5.48. The molecule has 180 valence electrons. The summed E-state index contributed by atoms with van der Waals surface area (Å²) in [6.45, 7) is -0.176. The van der Waals surface area contributed by atoms with Gasteiger partial charge in [-0.15, -0.1) is 0 Å². The Morgan fingerprint density at radius 2 is 1.47 bits per heavy atom. The molecular weight excluding hydrogens is 499 g/mol. The van der Waals surface area contributed by atoms with Crippen LogP contribution in [0, 0.1) is 0 Å². The molecule has 0 fully saturated rings. The molecule has 0 spiro atoms. The fraction of sp³-hybridized carbons (Fsp3) is 0.0357. The smallest absolute Gasteiger partial charge is 0.345 e. The highest BCUT2D eigenvalue weighted by molar-refractivity contribution is 6.36. The molecule has 0 saturated carbocycles. The summed E-state index contributed by atoms with van der Waals surface area (Å²) in [5, 5.41) is 4.56. The Hall–Kier alpha value is -4.13. The second-order valence-corrected chi connectivity index (χ2v) is 8.40. The van der Waals surface area contributed by atoms with E-state index in [0.29, 0.717) is 22.1 Å². The molecule has 36 heavy (non-hydrogen) atoms. The van der Waals surface area contributed by atoms with E-state index in [1.165, 1.54) is 18.3 Å². The fourth-order valence-corrected chi connectivity index (χ4v) is 3.66. The monoisotopic (exact) mass is 518 g/mol. The highest BCUT2D eigenvalue weighted by Crippen LogP contribution is 2.23. The van der Waals surface area contributed by atoms with E-state index in [0.717, 1.165) is 11.1 Å². The van der Waals surface area contributed by atoms with Gasteiger partial charge in [0.1, 0.15) is 11.5 Å². The zero-order valence-corrected chi connectivity index (χ0v) is 20.4. The van der Waals surface area contributed by atoms with Crippen LogP contribution in [0.4, 0.5) is 0 Å². The molecule has 0 heterocycles. The van der Waals surface area contributed by atoms with Gasteiger partial charge in [0.2, 0.25) is 0 Å². The number of benzene rings is 4. The summed E-state index contributed by atoms with van der Waals surface area (Å²) in [6, 6.07) is 28.6. The number of amides is 1. The van der Waals surface area contributed by atoms with Crippen LogP contribution in [0.2, 0.25) is 10.0 Å². The Balaban J connectivity index is 1.23. The van der Waals surface area contributed by atoms with Crippen molar-refractivity contribution < 1.29 is 19.1 Å². The van der Waals surface area contributed by atoms with E-state index in [1.54, 1.807) is 30.3 Å². The molecular formula is C28H20Cl2N2O4. The van der Waals surface area contributed by atoms with Crippen molar-refractivity contribution >= 4 is 41.3 Å². The number of rotatable bonds is 8. The number of carbonyl (C=O) groups is 2. The van der Waals surface area contributed by atoms with E-state index < -0.39 is 11.9 Å². The van der Waals surface area contributed by atoms with Crippen LogP contribution in [-0.4, -0.2) is 24.7 Å². The summed E-state index contributed by atoms with van der Waals surface area (Å²) < 4.78 is 10.8. The van der Waals surface area contributed by atoms with Crippen LogP contribution < -0.4 is 14.9 Å². The molecule has 4 rings (SSSR count). The number of hydrogen-bond donors (Lipinski definition) is 1. The molecule has 0 saturated heterocycles. The molecule has 0 aliphatic heterocycles. The van der Waals surface area contributed by atoms with Crippen LogP contribution in [0.1, 0.15) is 15.9 Å². The molecule has 0 bridgehead atoms. The zero-order valence-electron chi connectivity index (χ0n) is 18.9. The molecule has 4 aromatic rings. The van der Waals surface area contributed by atoms with E-state index in [4.69, 9.17) is 32.7 Å². The summed E-state index contributed by atoms with van der Waals surface area (Å²) >= 11 is 11.9. The van der Waals surface area contributed by atoms with Crippen molar-refractivity contribution in [2.45, 2.75) is 0 Å². The van der Waals surface area contributed by atoms with Gasteiger partial charge in [-0.1, -0.05) is 65.7 Å². The zero-order chi connectivity index (χ0) is 25.3. The number of halogens is 2. The quantitative estimate of drug-likeness (QED) is 0.126. The molecule has 1 N–H and O–H groups in total. The van der Waals surface area contributed by atoms with E-state index in [-0.39, 0.29) is 17.2 Å². The minimum absolute atomic E-state index is 0.176. The minimum atomic E-state index is -0.597. The van der Waals surface area contributed by atoms with E-state index >= 15 is 0 Å². The average molecular weight is 519 g/mol. The van der Waals surface area contributed by atoms with Crippen LogP contribution in [0.5, 0.6) is 11.5 Å². The highest BCUT2D eigenvalue weighted by Gasteiger charge is 2.13. The van der Waals surface area contributed by atoms with Gasteiger partial charge in [-0.05, 0) is 71.3 Å². The van der Waals surface area contributed by atoms with Crippen molar-refractivity contribution in [1.82, 2.24) is 5.43 Å². The lowest BCUT2D eigenvalue weighted by molar-refractivity contribution is -0.123. The van der Waals surface area contributed by atoms with Gasteiger partial charge in [0, 0.05) is 5.02 Å². The van der Waals surface area contributed by atoms with Crippen LogP contribution in [0.3, 0.4) is 0 Å². The summed E-state index contributed by atoms with van der Waals surface area (Å²) in [5.74, 6) is -0.0819. The summed E-state index contributed by atoms with van der Waals surface area (Å²) in [6.07, 6.45) is 1.47. The molecule has 6 nitrogen and oxygen atoms in total. The van der Waals surface area contributed by atoms with Crippen molar-refractivity contribution in [3.63, 3.8) is 0 Å². The SMILES string of the molecule is O=C(COc1ccc(-c2ccccc2)cc1)N/N=C/c1ccc(OC(=O)c2ccc(Cl)cc2Cl)cc1. The molecule has 0 aliphatic rings. The first kappa shape index (κ1) is 25.0. The van der Waals surface area contributed by atoms with Gasteiger partial charge in [-0.25, -0.2) is 10.2 Å². The fourth-order valence-electron chi connectivity index (χ4n) is 3.17. The number of nitrogens with one attached hydrogen (secondary N) is 1. The molecule has 0 aliphatic carbocycles. The molecule has 0 aromatic heterocycles. The first-order chi connectivity index (χ1) is 17.5. The average Bonchev–Trinajstić information content (AvgIpc) is 2.89. The number of nitrogens with zero attached hydrogens (tertiary/aromatic N) is 1. The van der Waals surface area contributed by atoms with Gasteiger partial charge in [-0.3, -0.25) is 4.79 Å². The predicted molar refractivity (Wildman–Crippen MR) is 141 cm³/mol. The standard InChI is InChI=1S/C28H20Cl2N2O4/c29-22-10-15-25(26(30)16-22)28(34)36-24-11-6-19(7-12-24)17-31-32-27(33)18-35-23-13-8-21(9-14-23)20-4-2-1-3-5-20/h1-17H,18H2,(H,32,33)/b31-17+. The number of ether oxygens (including phenoxy) is 2. The molecule has 4 aromatic carbocycles. The van der Waals surface area contributed by atoms with E-state index in [1.807, 2.05) is 54.6 Å². The van der Waals surface area contributed by atoms with Crippen molar-refractivity contribution in [2.75, 3.05) is 6.61 Å². The Labute approximate surface area is 218 Å². The van der Waals surface area contributed by atoms with Crippen molar-refractivity contribution in [1.29, 1.82) is 0 Å². The first-order valence-corrected chi connectivity index (χ1v) is 11.6. The largest absolute Gasteiger partial charge is 0.484 e. The Morgan fingerprint density at radius 1 is 0.806 bits per heavy atom. The first-order valence-electron chi connectivity index (χ1n) is 10.9. The second kappa shape index (κ2) is 12.0. The predicted octanol–water partition coefficient (Wildman–Crippen LogP) is 6.41. The van der Waals surface area contributed by atoms with Crippen molar-refractivity contribution in [3.8, 4) is 22.6 Å². The lowest BCUT2D eigenvalue weighted by Crippen LogP contribution is -2.24. The number of carbonyl (C=O) groups excluding carboxylic acids is 2. The van der Waals surface area contributed by atoms with Gasteiger partial charge in [-0.2, -0.15) is 5.10 Å². The maximum absolute atomic E-state index is 12.3. The number of hydrogen-bond acceptors (Lipinski definition) is 5. The van der Waals surface area contributed by atoms with E-state index in [2.05, 4.69) is 10.5 Å². The van der Waals surface area contributed by atoms with Gasteiger partial charge < -0.3 is 9.47 Å². The Kier molecular flexibility index (Phi) is 8.34. The number of esters is 1. The van der Waals surface area contributed by atoms with Gasteiger partial charge in [0.15, 0.2) is 6.61 Å². The van der Waals surface area contributed by atoms with Gasteiger partial charge in [0.25, 0.3) is 5.91 Å². The van der Waals surface area contributed by atoms with Crippen molar-refractivity contribution in [2.24, 2.45) is 5.10 Å². The van der Waals surface area contributed by atoms with E-state index in [9.17, 15) is 9.59 Å². The molecule has 1 amide bonds. The van der Waals surface area contributed by atoms with Crippen LogP contribution in [-0.2, 0) is 4.79 Å². The van der Waals surface area contributed by atoms with Crippen LogP contribution in [0.15, 0.2) is 102 Å². The lowest BCUT2D eigenvalue weighted by Gasteiger charge is -2.07. The topological polar surface area (TPSA) is 77.0 Å². The molecule has 0 atom stereocenters. The van der Waals surface area contributed by atoms with Crippen LogP contribution >= 0.6 is 23.2 Å². The minimum Gasteiger partial charge on any atom is -0.484 e. The normalized spacial score (nSPS) is 10.7. The summed E-state index contributed by atoms with van der Waals surface area (Å²) in [7, 11) is 0.